The minimum absolute atomic E-state index is 0. The standard InChI is InChI=1S/C25H22N.BrH/c1-5-13-22(14-6-1)21-26(23-15-7-2-8-16-23,24-17-9-3-10-18-24)25-19-11-4-12-20-25;/h1-20H,21H2;1H/q+1;/p-1. The summed E-state index contributed by atoms with van der Waals surface area (Å²) in [5.74, 6) is 0. The summed E-state index contributed by atoms with van der Waals surface area (Å²) in [7, 11) is 0. The van der Waals surface area contributed by atoms with Crippen LogP contribution >= 0.6 is 0 Å². The normalized spacial score (nSPS) is 10.8. The molecule has 0 aliphatic carbocycles. The lowest BCUT2D eigenvalue weighted by molar-refractivity contribution is -0.00000505. The van der Waals surface area contributed by atoms with Crippen LogP contribution in [0, 0.1) is 0 Å². The number of para-hydroxylation sites is 3. The highest BCUT2D eigenvalue weighted by molar-refractivity contribution is 5.70. The van der Waals surface area contributed by atoms with Crippen molar-refractivity contribution in [3.05, 3.63) is 127 Å². The van der Waals surface area contributed by atoms with E-state index in [-0.39, 0.29) is 17.0 Å². The van der Waals surface area contributed by atoms with Crippen LogP contribution in [0.1, 0.15) is 5.56 Å². The topological polar surface area (TPSA) is 0 Å². The van der Waals surface area contributed by atoms with E-state index in [2.05, 4.69) is 121 Å². The first-order chi connectivity index (χ1) is 12.9. The molecule has 27 heavy (non-hydrogen) atoms. The number of hydrogen-bond donors (Lipinski definition) is 0. The molecule has 1 nitrogen and oxygen atoms in total. The maximum Gasteiger partial charge on any atom is 0.143 e. The van der Waals surface area contributed by atoms with Crippen molar-refractivity contribution in [3.8, 4) is 0 Å². The van der Waals surface area contributed by atoms with E-state index < -0.39 is 0 Å². The Balaban J connectivity index is 0.00000210. The molecule has 0 aliphatic heterocycles. The van der Waals surface area contributed by atoms with Gasteiger partial charge in [-0.15, -0.1) is 0 Å². The van der Waals surface area contributed by atoms with Crippen molar-refractivity contribution < 1.29 is 17.0 Å². The lowest BCUT2D eigenvalue weighted by atomic mass is 10.1. The van der Waals surface area contributed by atoms with E-state index in [9.17, 15) is 0 Å². The average molecular weight is 416 g/mol. The molecule has 0 heterocycles. The number of quaternary nitrogens is 1. The molecule has 0 aromatic heterocycles. The predicted molar refractivity (Wildman–Crippen MR) is 111 cm³/mol. The Bertz CT molecular complexity index is 842. The third kappa shape index (κ3) is 3.87. The molecule has 4 aromatic rings. The molecule has 0 unspecified atom stereocenters. The van der Waals surface area contributed by atoms with Crippen molar-refractivity contribution in [2.24, 2.45) is 0 Å². The van der Waals surface area contributed by atoms with Gasteiger partial charge in [-0.25, -0.2) is 4.48 Å². The molecular weight excluding hydrogens is 394 g/mol. The predicted octanol–water partition coefficient (Wildman–Crippen LogP) is 3.86. The van der Waals surface area contributed by atoms with Crippen LogP contribution < -0.4 is 21.5 Å². The highest BCUT2D eigenvalue weighted by atomic mass is 79.9. The fraction of sp³-hybridized carbons (Fsp3) is 0.0400. The first kappa shape index (κ1) is 19.1. The van der Waals surface area contributed by atoms with Gasteiger partial charge in [-0.05, 0) is 36.4 Å². The molecule has 4 aromatic carbocycles. The average Bonchev–Trinajstić information content (AvgIpc) is 2.75. The SMILES string of the molecule is [Br-].c1ccc(C[N+](c2ccccc2)(c2ccccc2)c2ccccc2)cc1. The molecule has 0 N–H and O–H groups in total. The highest BCUT2D eigenvalue weighted by Gasteiger charge is 2.36. The molecular formula is C25H22BrN. The van der Waals surface area contributed by atoms with Crippen LogP contribution in [-0.2, 0) is 6.54 Å². The van der Waals surface area contributed by atoms with Gasteiger partial charge in [0.1, 0.15) is 23.6 Å². The summed E-state index contributed by atoms with van der Waals surface area (Å²) in [6.07, 6.45) is 0. The lowest BCUT2D eigenvalue weighted by Crippen LogP contribution is -3.00. The smallest absolute Gasteiger partial charge is 0.143 e. The van der Waals surface area contributed by atoms with Crippen LogP contribution in [0.5, 0.6) is 0 Å². The summed E-state index contributed by atoms with van der Waals surface area (Å²) in [5, 5.41) is 0. The lowest BCUT2D eigenvalue weighted by Gasteiger charge is -2.37. The maximum absolute atomic E-state index is 2.23. The number of rotatable bonds is 5. The van der Waals surface area contributed by atoms with E-state index >= 15 is 0 Å². The Morgan fingerprint density at radius 3 is 1.04 bits per heavy atom. The summed E-state index contributed by atoms with van der Waals surface area (Å²) in [5.41, 5.74) is 5.08. The monoisotopic (exact) mass is 415 g/mol. The molecule has 0 radical (unpaired) electrons. The van der Waals surface area contributed by atoms with E-state index in [0.29, 0.717) is 4.48 Å². The first-order valence-corrected chi connectivity index (χ1v) is 8.98. The van der Waals surface area contributed by atoms with E-state index in [1.54, 1.807) is 0 Å². The van der Waals surface area contributed by atoms with Gasteiger partial charge >= 0.3 is 0 Å². The zero-order valence-corrected chi connectivity index (χ0v) is 16.7. The highest BCUT2D eigenvalue weighted by Crippen LogP contribution is 2.45. The van der Waals surface area contributed by atoms with Crippen molar-refractivity contribution in [2.45, 2.75) is 6.54 Å². The summed E-state index contributed by atoms with van der Waals surface area (Å²) in [6, 6.07) is 43.1. The number of hydrogen-bond acceptors (Lipinski definition) is 0. The molecule has 0 aliphatic rings. The van der Waals surface area contributed by atoms with Crippen molar-refractivity contribution >= 4 is 17.1 Å². The number of benzene rings is 4. The second kappa shape index (κ2) is 8.81. The van der Waals surface area contributed by atoms with Gasteiger partial charge in [0.25, 0.3) is 0 Å². The van der Waals surface area contributed by atoms with Crippen LogP contribution in [0.15, 0.2) is 121 Å². The molecule has 0 fully saturated rings. The Hall–Kier alpha value is -2.68. The number of halogens is 1. The first-order valence-electron chi connectivity index (χ1n) is 8.98. The van der Waals surface area contributed by atoms with Gasteiger partial charge in [0, 0.05) is 5.56 Å². The van der Waals surface area contributed by atoms with E-state index in [4.69, 9.17) is 0 Å². The van der Waals surface area contributed by atoms with Gasteiger partial charge in [-0.3, -0.25) is 0 Å². The molecule has 0 bridgehead atoms. The second-order valence-electron chi connectivity index (χ2n) is 6.46. The quantitative estimate of drug-likeness (QED) is 0.434. The van der Waals surface area contributed by atoms with Gasteiger partial charge in [-0.2, -0.15) is 0 Å². The van der Waals surface area contributed by atoms with Crippen LogP contribution in [-0.4, -0.2) is 0 Å². The van der Waals surface area contributed by atoms with Crippen molar-refractivity contribution in [1.29, 1.82) is 0 Å². The van der Waals surface area contributed by atoms with Gasteiger partial charge < -0.3 is 17.0 Å². The summed E-state index contributed by atoms with van der Waals surface area (Å²) in [6.45, 7) is 0.860. The Kier molecular flexibility index (Phi) is 6.23. The van der Waals surface area contributed by atoms with Crippen molar-refractivity contribution in [3.63, 3.8) is 0 Å². The Morgan fingerprint density at radius 1 is 0.407 bits per heavy atom. The van der Waals surface area contributed by atoms with Gasteiger partial charge in [-0.1, -0.05) is 84.9 Å². The van der Waals surface area contributed by atoms with E-state index in [1.165, 1.54) is 22.6 Å². The van der Waals surface area contributed by atoms with Crippen LogP contribution in [0.3, 0.4) is 0 Å². The van der Waals surface area contributed by atoms with Gasteiger partial charge in [0.2, 0.25) is 0 Å². The molecule has 0 spiro atoms. The maximum atomic E-state index is 2.23. The zero-order chi connectivity index (χ0) is 17.7. The van der Waals surface area contributed by atoms with E-state index in [0.717, 1.165) is 6.54 Å². The number of nitrogens with zero attached hydrogens (tertiary/aromatic N) is 1. The minimum Gasteiger partial charge on any atom is -1.00 e. The van der Waals surface area contributed by atoms with Crippen molar-refractivity contribution in [1.82, 2.24) is 4.48 Å². The molecule has 4 rings (SSSR count). The molecule has 0 saturated carbocycles. The molecule has 0 amide bonds. The third-order valence-corrected chi connectivity index (χ3v) is 4.85. The summed E-state index contributed by atoms with van der Waals surface area (Å²) >= 11 is 0. The molecule has 0 saturated heterocycles. The Morgan fingerprint density at radius 2 is 0.704 bits per heavy atom. The van der Waals surface area contributed by atoms with Crippen molar-refractivity contribution in [2.75, 3.05) is 0 Å². The summed E-state index contributed by atoms with van der Waals surface area (Å²) < 4.78 is 0.659. The molecule has 134 valence electrons. The fourth-order valence-electron chi connectivity index (χ4n) is 3.63. The van der Waals surface area contributed by atoms with Gasteiger partial charge in [0.15, 0.2) is 0 Å². The Labute approximate surface area is 171 Å². The molecule has 2 heteroatoms. The fourth-order valence-corrected chi connectivity index (χ4v) is 3.63. The van der Waals surface area contributed by atoms with Crippen LogP contribution in [0.25, 0.3) is 0 Å². The molecule has 0 atom stereocenters. The van der Waals surface area contributed by atoms with Crippen LogP contribution in [0.4, 0.5) is 17.1 Å². The summed E-state index contributed by atoms with van der Waals surface area (Å²) in [4.78, 5) is 0. The second-order valence-corrected chi connectivity index (χ2v) is 6.46. The third-order valence-electron chi connectivity index (χ3n) is 4.85. The van der Waals surface area contributed by atoms with Crippen LogP contribution in [0.2, 0.25) is 0 Å². The van der Waals surface area contributed by atoms with E-state index in [1.807, 2.05) is 0 Å². The minimum atomic E-state index is 0. The zero-order valence-electron chi connectivity index (χ0n) is 15.1. The van der Waals surface area contributed by atoms with Gasteiger partial charge in [0.05, 0.1) is 0 Å². The largest absolute Gasteiger partial charge is 1.00 e.